The van der Waals surface area contributed by atoms with Gasteiger partial charge in [0.25, 0.3) is 0 Å². The third-order valence-electron chi connectivity index (χ3n) is 4.87. The van der Waals surface area contributed by atoms with Gasteiger partial charge in [-0.3, -0.25) is 14.4 Å². The lowest BCUT2D eigenvalue weighted by Gasteiger charge is -2.29. The van der Waals surface area contributed by atoms with Gasteiger partial charge < -0.3 is 14.7 Å². The Labute approximate surface area is 138 Å². The largest absolute Gasteiger partial charge is 0.481 e. The number of ether oxygens (including phenoxy) is 1. The van der Waals surface area contributed by atoms with Crippen molar-refractivity contribution < 1.29 is 24.2 Å². The molecule has 0 aromatic carbocycles. The lowest BCUT2D eigenvalue weighted by Crippen LogP contribution is -2.40. The number of carbonyl (C=O) groups excluding carboxylic acids is 2. The van der Waals surface area contributed by atoms with Crippen molar-refractivity contribution in [1.29, 1.82) is 0 Å². The van der Waals surface area contributed by atoms with Crippen LogP contribution in [0.2, 0.25) is 0 Å². The predicted octanol–water partition coefficient (Wildman–Crippen LogP) is 2.32. The first-order chi connectivity index (χ1) is 10.7. The van der Waals surface area contributed by atoms with Crippen molar-refractivity contribution in [2.24, 2.45) is 17.3 Å². The number of nitrogens with zero attached hydrogens (tertiary/aromatic N) is 1. The molecule has 0 saturated heterocycles. The monoisotopic (exact) mass is 327 g/mol. The molecule has 1 N–H and O–H groups in total. The molecule has 0 heterocycles. The fourth-order valence-corrected chi connectivity index (χ4v) is 2.87. The smallest absolute Gasteiger partial charge is 0.309 e. The van der Waals surface area contributed by atoms with Crippen molar-refractivity contribution in [2.75, 3.05) is 20.2 Å². The molecule has 0 aliphatic heterocycles. The minimum absolute atomic E-state index is 0.0112. The third kappa shape index (κ3) is 5.22. The second-order valence-corrected chi connectivity index (χ2v) is 6.97. The van der Waals surface area contributed by atoms with E-state index in [0.29, 0.717) is 19.4 Å². The van der Waals surface area contributed by atoms with Crippen molar-refractivity contribution in [3.05, 3.63) is 0 Å². The molecular weight excluding hydrogens is 298 g/mol. The van der Waals surface area contributed by atoms with Crippen LogP contribution in [-0.4, -0.2) is 48.1 Å². The number of likely N-dealkylation sites (N-methyl/N-ethyl adjacent to an activating group) is 1. The number of carbonyl (C=O) groups is 3. The number of hydrogen-bond donors (Lipinski definition) is 1. The van der Waals surface area contributed by atoms with Crippen LogP contribution in [0.4, 0.5) is 0 Å². The number of aliphatic carboxylic acids is 1. The highest BCUT2D eigenvalue weighted by Crippen LogP contribution is 2.31. The zero-order chi connectivity index (χ0) is 17.6. The van der Waals surface area contributed by atoms with E-state index in [2.05, 4.69) is 0 Å². The average molecular weight is 327 g/mol. The van der Waals surface area contributed by atoms with Crippen LogP contribution in [0.25, 0.3) is 0 Å². The molecule has 0 radical (unpaired) electrons. The Morgan fingerprint density at radius 1 is 1.17 bits per heavy atom. The van der Waals surface area contributed by atoms with Crippen molar-refractivity contribution in [2.45, 2.75) is 52.9 Å². The topological polar surface area (TPSA) is 83.9 Å². The maximum absolute atomic E-state index is 12.2. The lowest BCUT2D eigenvalue weighted by atomic mass is 9.79. The van der Waals surface area contributed by atoms with Gasteiger partial charge in [0, 0.05) is 12.5 Å². The normalized spacial score (nSPS) is 21.6. The molecule has 1 saturated carbocycles. The summed E-state index contributed by atoms with van der Waals surface area (Å²) in [5.41, 5.74) is -0.434. The number of amides is 1. The van der Waals surface area contributed by atoms with Crippen molar-refractivity contribution in [3.63, 3.8) is 0 Å². The summed E-state index contributed by atoms with van der Waals surface area (Å²) in [4.78, 5) is 37.1. The van der Waals surface area contributed by atoms with E-state index >= 15 is 0 Å². The van der Waals surface area contributed by atoms with Crippen LogP contribution in [0.5, 0.6) is 0 Å². The van der Waals surface area contributed by atoms with Crippen LogP contribution in [0.1, 0.15) is 52.9 Å². The Morgan fingerprint density at radius 3 is 2.26 bits per heavy atom. The number of hydrogen-bond acceptors (Lipinski definition) is 4. The molecule has 132 valence electrons. The van der Waals surface area contributed by atoms with E-state index in [1.807, 2.05) is 20.8 Å². The first kappa shape index (κ1) is 19.5. The fourth-order valence-electron chi connectivity index (χ4n) is 2.87. The zero-order valence-electron chi connectivity index (χ0n) is 14.6. The van der Waals surface area contributed by atoms with Gasteiger partial charge in [-0.1, -0.05) is 33.6 Å². The van der Waals surface area contributed by atoms with Gasteiger partial charge in [0.05, 0.1) is 18.4 Å². The van der Waals surface area contributed by atoms with E-state index in [0.717, 1.165) is 19.3 Å². The maximum Gasteiger partial charge on any atom is 0.309 e. The number of carboxylic acid groups (broad SMARTS) is 1. The van der Waals surface area contributed by atoms with Crippen LogP contribution in [0, 0.1) is 17.3 Å². The molecule has 1 fully saturated rings. The van der Waals surface area contributed by atoms with Crippen LogP contribution >= 0.6 is 0 Å². The Hall–Kier alpha value is -1.59. The number of rotatable bonds is 7. The second-order valence-electron chi connectivity index (χ2n) is 6.97. The number of carboxylic acids is 1. The first-order valence-electron chi connectivity index (χ1n) is 8.35. The van der Waals surface area contributed by atoms with Crippen molar-refractivity contribution in [3.8, 4) is 0 Å². The molecule has 0 aromatic heterocycles. The van der Waals surface area contributed by atoms with Crippen LogP contribution < -0.4 is 0 Å². The SMILES string of the molecule is CCC(C)(C)C(=O)N(C)CCOC(=O)C1CCCCC1C(=O)O. The molecule has 1 amide bonds. The van der Waals surface area contributed by atoms with E-state index in [4.69, 9.17) is 4.74 Å². The van der Waals surface area contributed by atoms with Gasteiger partial charge >= 0.3 is 11.9 Å². The van der Waals surface area contributed by atoms with Crippen molar-refractivity contribution >= 4 is 17.8 Å². The molecule has 0 aromatic rings. The second kappa shape index (κ2) is 8.31. The molecule has 1 aliphatic carbocycles. The van der Waals surface area contributed by atoms with Crippen molar-refractivity contribution in [1.82, 2.24) is 4.90 Å². The molecule has 6 nitrogen and oxygen atoms in total. The lowest BCUT2D eigenvalue weighted by molar-refractivity contribution is -0.160. The molecule has 1 aliphatic rings. The molecule has 0 spiro atoms. The van der Waals surface area contributed by atoms with Crippen LogP contribution in [-0.2, 0) is 19.1 Å². The standard InChI is InChI=1S/C17H29NO5/c1-5-17(2,3)16(22)18(4)10-11-23-15(21)13-9-7-6-8-12(13)14(19)20/h12-13H,5-11H2,1-4H3,(H,19,20). The van der Waals surface area contributed by atoms with Crippen LogP contribution in [0.15, 0.2) is 0 Å². The molecule has 2 atom stereocenters. The van der Waals surface area contributed by atoms with Gasteiger partial charge in [0.15, 0.2) is 0 Å². The summed E-state index contributed by atoms with van der Waals surface area (Å²) in [5, 5.41) is 9.20. The fraction of sp³-hybridized carbons (Fsp3) is 0.824. The van der Waals surface area contributed by atoms with E-state index in [1.54, 1.807) is 11.9 Å². The van der Waals surface area contributed by atoms with E-state index < -0.39 is 29.2 Å². The van der Waals surface area contributed by atoms with Gasteiger partial charge in [-0.15, -0.1) is 0 Å². The molecule has 2 unspecified atom stereocenters. The molecule has 0 bridgehead atoms. The molecule has 23 heavy (non-hydrogen) atoms. The summed E-state index contributed by atoms with van der Waals surface area (Å²) in [6, 6.07) is 0. The minimum atomic E-state index is -0.927. The Kier molecular flexibility index (Phi) is 7.03. The van der Waals surface area contributed by atoms with E-state index in [9.17, 15) is 19.5 Å². The number of esters is 1. The zero-order valence-corrected chi connectivity index (χ0v) is 14.6. The Morgan fingerprint density at radius 2 is 1.74 bits per heavy atom. The quantitative estimate of drug-likeness (QED) is 0.725. The third-order valence-corrected chi connectivity index (χ3v) is 4.87. The highest BCUT2D eigenvalue weighted by Gasteiger charge is 2.37. The minimum Gasteiger partial charge on any atom is -0.481 e. The summed E-state index contributed by atoms with van der Waals surface area (Å²) in [5.74, 6) is -2.57. The van der Waals surface area contributed by atoms with Gasteiger partial charge in [-0.05, 0) is 19.3 Å². The highest BCUT2D eigenvalue weighted by atomic mass is 16.5. The predicted molar refractivity (Wildman–Crippen MR) is 85.8 cm³/mol. The van der Waals surface area contributed by atoms with Gasteiger partial charge in [-0.2, -0.15) is 0 Å². The summed E-state index contributed by atoms with van der Waals surface area (Å²) >= 11 is 0. The summed E-state index contributed by atoms with van der Waals surface area (Å²) < 4.78 is 5.23. The average Bonchev–Trinajstić information content (AvgIpc) is 2.53. The van der Waals surface area contributed by atoms with Crippen LogP contribution in [0.3, 0.4) is 0 Å². The first-order valence-corrected chi connectivity index (χ1v) is 8.35. The Bertz CT molecular complexity index is 446. The summed E-state index contributed by atoms with van der Waals surface area (Å²) in [6.07, 6.45) is 3.51. The summed E-state index contributed by atoms with van der Waals surface area (Å²) in [7, 11) is 1.69. The molecule has 1 rings (SSSR count). The molecular formula is C17H29NO5. The van der Waals surface area contributed by atoms with Gasteiger partial charge in [0.1, 0.15) is 6.61 Å². The van der Waals surface area contributed by atoms with Gasteiger partial charge in [0.2, 0.25) is 5.91 Å². The van der Waals surface area contributed by atoms with E-state index in [1.165, 1.54) is 0 Å². The maximum atomic E-state index is 12.2. The van der Waals surface area contributed by atoms with E-state index in [-0.39, 0.29) is 12.5 Å². The highest BCUT2D eigenvalue weighted by molar-refractivity contribution is 5.82. The van der Waals surface area contributed by atoms with Gasteiger partial charge in [-0.25, -0.2) is 0 Å². The summed E-state index contributed by atoms with van der Waals surface area (Å²) in [6.45, 7) is 6.15. The molecule has 6 heteroatoms. The Balaban J connectivity index is 2.47.